The summed E-state index contributed by atoms with van der Waals surface area (Å²) in [6.07, 6.45) is 0. The summed E-state index contributed by atoms with van der Waals surface area (Å²) in [5, 5.41) is 13.4. The second-order valence-electron chi connectivity index (χ2n) is 8.06. The van der Waals surface area contributed by atoms with Crippen molar-refractivity contribution < 1.29 is 9.53 Å². The van der Waals surface area contributed by atoms with Gasteiger partial charge in [0.2, 0.25) is 11.1 Å². The zero-order valence-electron chi connectivity index (χ0n) is 18.9. The van der Waals surface area contributed by atoms with Gasteiger partial charge in [-0.25, -0.2) is 4.68 Å². The summed E-state index contributed by atoms with van der Waals surface area (Å²) in [6.45, 7) is 6.29. The van der Waals surface area contributed by atoms with Gasteiger partial charge in [-0.2, -0.15) is 0 Å². The fourth-order valence-corrected chi connectivity index (χ4v) is 4.15. The van der Waals surface area contributed by atoms with E-state index in [-0.39, 0.29) is 12.5 Å². The van der Waals surface area contributed by atoms with Crippen LogP contribution in [0.2, 0.25) is 0 Å². The van der Waals surface area contributed by atoms with Crippen molar-refractivity contribution in [1.29, 1.82) is 0 Å². The molecule has 0 spiro atoms. The van der Waals surface area contributed by atoms with Crippen molar-refractivity contribution in [3.63, 3.8) is 0 Å². The van der Waals surface area contributed by atoms with Crippen LogP contribution >= 0.6 is 11.8 Å². The summed E-state index contributed by atoms with van der Waals surface area (Å²) in [5.41, 5.74) is 2.02. The fourth-order valence-electron chi connectivity index (χ4n) is 3.36. The molecule has 8 heteroatoms. The first-order chi connectivity index (χ1) is 15.9. The largest absolute Gasteiger partial charge is 0.486 e. The van der Waals surface area contributed by atoms with E-state index in [0.717, 1.165) is 22.2 Å². The van der Waals surface area contributed by atoms with Crippen molar-refractivity contribution in [2.75, 3.05) is 11.2 Å². The van der Waals surface area contributed by atoms with Gasteiger partial charge in [-0.15, -0.1) is 10.2 Å². The zero-order chi connectivity index (χ0) is 23.4. The number of nitrogens with one attached hydrogen (secondary N) is 1. The van der Waals surface area contributed by atoms with Crippen molar-refractivity contribution in [3.8, 4) is 5.75 Å². The highest BCUT2D eigenvalue weighted by atomic mass is 32.2. The Hall–Kier alpha value is -3.52. The Labute approximate surface area is 197 Å². The molecule has 0 aliphatic carbocycles. The fraction of sp³-hybridized carbons (Fsp3) is 0.240. The van der Waals surface area contributed by atoms with E-state index >= 15 is 0 Å². The van der Waals surface area contributed by atoms with E-state index in [4.69, 9.17) is 10.6 Å². The van der Waals surface area contributed by atoms with Crippen LogP contribution in [0.5, 0.6) is 5.75 Å². The molecule has 1 atom stereocenters. The Morgan fingerprint density at radius 3 is 2.52 bits per heavy atom. The van der Waals surface area contributed by atoms with E-state index in [1.807, 2.05) is 73.7 Å². The molecule has 0 bridgehead atoms. The van der Waals surface area contributed by atoms with Crippen molar-refractivity contribution in [3.05, 3.63) is 78.1 Å². The number of rotatable bonds is 8. The number of carbonyl (C=O) groups excluding carboxylic acids is 1. The molecular weight excluding hydrogens is 434 g/mol. The molecule has 4 aromatic rings. The molecular formula is C25H27N5O2S. The van der Waals surface area contributed by atoms with Crippen LogP contribution < -0.4 is 15.9 Å². The summed E-state index contributed by atoms with van der Waals surface area (Å²) < 4.78 is 7.17. The van der Waals surface area contributed by atoms with Gasteiger partial charge in [0, 0.05) is 11.1 Å². The minimum absolute atomic E-state index is 0.137. The third kappa shape index (κ3) is 5.28. The number of carbonyl (C=O) groups is 1. The summed E-state index contributed by atoms with van der Waals surface area (Å²) in [7, 11) is 0. The molecule has 1 aromatic heterocycles. The van der Waals surface area contributed by atoms with Gasteiger partial charge in [-0.1, -0.05) is 74.1 Å². The van der Waals surface area contributed by atoms with Crippen molar-refractivity contribution in [2.24, 2.45) is 0 Å². The monoisotopic (exact) mass is 461 g/mol. The number of nitrogens with zero attached hydrogens (tertiary/aromatic N) is 3. The van der Waals surface area contributed by atoms with Crippen LogP contribution in [0.3, 0.4) is 0 Å². The molecule has 0 radical (unpaired) electrons. The van der Waals surface area contributed by atoms with Crippen LogP contribution in [0.15, 0.2) is 71.9 Å². The summed E-state index contributed by atoms with van der Waals surface area (Å²) in [6, 6.07) is 21.7. The topological polar surface area (TPSA) is 95.1 Å². The lowest BCUT2D eigenvalue weighted by molar-refractivity contribution is -0.115. The molecule has 0 saturated carbocycles. The van der Waals surface area contributed by atoms with Crippen LogP contribution in [0, 0.1) is 0 Å². The molecule has 0 saturated heterocycles. The van der Waals surface area contributed by atoms with Crippen LogP contribution in [0.4, 0.5) is 5.69 Å². The molecule has 33 heavy (non-hydrogen) atoms. The van der Waals surface area contributed by atoms with Crippen molar-refractivity contribution in [2.45, 2.75) is 43.7 Å². The molecule has 0 aliphatic heterocycles. The van der Waals surface area contributed by atoms with Crippen LogP contribution in [-0.2, 0) is 11.4 Å². The minimum Gasteiger partial charge on any atom is -0.486 e. The molecule has 3 aromatic carbocycles. The minimum atomic E-state index is -0.423. The molecule has 1 heterocycles. The van der Waals surface area contributed by atoms with E-state index in [9.17, 15) is 4.79 Å². The van der Waals surface area contributed by atoms with E-state index < -0.39 is 5.25 Å². The van der Waals surface area contributed by atoms with E-state index in [1.54, 1.807) is 0 Å². The standard InChI is InChI=1S/C25H27N5O2S/c1-16(2)18-11-13-20(14-12-18)32-15-23-28-29-25(30(23)26)33-17(3)24(31)27-22-10-6-8-19-7-4-5-9-21(19)22/h4-14,16-17H,15,26H2,1-3H3,(H,27,31). The predicted molar refractivity (Wildman–Crippen MR) is 133 cm³/mol. The number of hydrogen-bond donors (Lipinski definition) is 2. The van der Waals surface area contributed by atoms with Gasteiger partial charge < -0.3 is 15.9 Å². The summed E-state index contributed by atoms with van der Waals surface area (Å²) >= 11 is 1.25. The highest BCUT2D eigenvalue weighted by Crippen LogP contribution is 2.26. The van der Waals surface area contributed by atoms with Gasteiger partial charge in [0.1, 0.15) is 12.4 Å². The van der Waals surface area contributed by atoms with Crippen LogP contribution in [-0.4, -0.2) is 26.0 Å². The number of fused-ring (bicyclic) bond motifs is 1. The Morgan fingerprint density at radius 2 is 1.76 bits per heavy atom. The lowest BCUT2D eigenvalue weighted by Gasteiger charge is -2.13. The third-order valence-electron chi connectivity index (χ3n) is 5.35. The van der Waals surface area contributed by atoms with Gasteiger partial charge >= 0.3 is 0 Å². The normalized spacial score (nSPS) is 12.1. The highest BCUT2D eigenvalue weighted by molar-refractivity contribution is 8.00. The van der Waals surface area contributed by atoms with Crippen LogP contribution in [0.1, 0.15) is 38.1 Å². The number of nitrogen functional groups attached to an aromatic ring is 1. The molecule has 0 fully saturated rings. The van der Waals surface area contributed by atoms with Crippen LogP contribution in [0.25, 0.3) is 10.8 Å². The maximum Gasteiger partial charge on any atom is 0.237 e. The molecule has 4 rings (SSSR count). The average molecular weight is 462 g/mol. The average Bonchev–Trinajstić information content (AvgIpc) is 3.17. The second kappa shape index (κ2) is 9.95. The number of anilines is 1. The number of ether oxygens (including phenoxy) is 1. The number of nitrogens with two attached hydrogens (primary N) is 1. The molecule has 7 nitrogen and oxygen atoms in total. The third-order valence-corrected chi connectivity index (χ3v) is 6.41. The van der Waals surface area contributed by atoms with Gasteiger partial charge in [0.05, 0.1) is 5.25 Å². The number of aromatic nitrogens is 3. The molecule has 170 valence electrons. The van der Waals surface area contributed by atoms with Gasteiger partial charge in [-0.3, -0.25) is 4.79 Å². The molecule has 0 aliphatic rings. The Balaban J connectivity index is 1.37. The smallest absolute Gasteiger partial charge is 0.237 e. The maximum atomic E-state index is 12.8. The summed E-state index contributed by atoms with van der Waals surface area (Å²) in [4.78, 5) is 12.8. The van der Waals surface area contributed by atoms with E-state index in [0.29, 0.717) is 16.9 Å². The molecule has 1 amide bonds. The Morgan fingerprint density at radius 1 is 1.03 bits per heavy atom. The highest BCUT2D eigenvalue weighted by Gasteiger charge is 2.20. The Bertz CT molecular complexity index is 1250. The number of amides is 1. The number of thioether (sulfide) groups is 1. The first-order valence-electron chi connectivity index (χ1n) is 10.8. The zero-order valence-corrected chi connectivity index (χ0v) is 19.7. The van der Waals surface area contributed by atoms with Gasteiger partial charge in [0.25, 0.3) is 0 Å². The lowest BCUT2D eigenvalue weighted by Crippen LogP contribution is -2.24. The number of hydrogen-bond acceptors (Lipinski definition) is 6. The first-order valence-corrected chi connectivity index (χ1v) is 11.7. The second-order valence-corrected chi connectivity index (χ2v) is 9.37. The van der Waals surface area contributed by atoms with Crippen molar-refractivity contribution >= 4 is 34.1 Å². The maximum absolute atomic E-state index is 12.8. The SMILES string of the molecule is CC(Sc1nnc(COc2ccc(C(C)C)cc2)n1N)C(=O)Nc1cccc2ccccc12. The molecule has 3 N–H and O–H groups in total. The predicted octanol–water partition coefficient (Wildman–Crippen LogP) is 4.97. The van der Waals surface area contributed by atoms with E-state index in [2.05, 4.69) is 29.4 Å². The summed E-state index contributed by atoms with van der Waals surface area (Å²) in [5.74, 6) is 7.71. The lowest BCUT2D eigenvalue weighted by atomic mass is 10.0. The molecule has 1 unspecified atom stereocenters. The van der Waals surface area contributed by atoms with Gasteiger partial charge in [0.15, 0.2) is 5.82 Å². The van der Waals surface area contributed by atoms with E-state index in [1.165, 1.54) is 22.0 Å². The Kier molecular flexibility index (Phi) is 6.84. The quantitative estimate of drug-likeness (QED) is 0.284. The van der Waals surface area contributed by atoms with Crippen molar-refractivity contribution in [1.82, 2.24) is 14.9 Å². The number of benzene rings is 3. The first kappa shape index (κ1) is 22.7. The van der Waals surface area contributed by atoms with Gasteiger partial charge in [-0.05, 0) is 42.0 Å².